The minimum absolute atomic E-state index is 0.0650. The van der Waals surface area contributed by atoms with Gasteiger partial charge in [0.05, 0.1) is 35.2 Å². The number of hydrogen-bond donors (Lipinski definition) is 1. The van der Waals surface area contributed by atoms with Gasteiger partial charge < -0.3 is 14.6 Å². The number of nitrogens with zero attached hydrogens (tertiary/aromatic N) is 2. The lowest BCUT2D eigenvalue weighted by molar-refractivity contribution is -0.141. The Labute approximate surface area is 177 Å². The topological polar surface area (TPSA) is 75.3 Å². The van der Waals surface area contributed by atoms with Crippen molar-refractivity contribution in [3.05, 3.63) is 74.2 Å². The molecule has 0 spiro atoms. The molecule has 3 aromatic rings. The second-order valence-corrected chi connectivity index (χ2v) is 7.44. The van der Waals surface area contributed by atoms with Crippen LogP contribution in [0.2, 0.25) is 5.02 Å². The number of pyridine rings is 2. The zero-order valence-corrected chi connectivity index (χ0v) is 16.6. The number of aromatic amines is 1. The third kappa shape index (κ3) is 3.77. The highest BCUT2D eigenvalue weighted by Gasteiger charge is 2.36. The molecule has 6 nitrogen and oxygen atoms in total. The first-order chi connectivity index (χ1) is 14.6. The van der Waals surface area contributed by atoms with Crippen molar-refractivity contribution < 1.29 is 27.1 Å². The smallest absolute Gasteiger partial charge is 0.373 e. The largest absolute Gasteiger partial charge is 0.434 e. The lowest BCUT2D eigenvalue weighted by Gasteiger charge is -2.33. The summed E-state index contributed by atoms with van der Waals surface area (Å²) in [5.41, 5.74) is -0.922. The van der Waals surface area contributed by atoms with E-state index in [1.54, 1.807) is 0 Å². The Morgan fingerprint density at radius 1 is 1.29 bits per heavy atom. The highest BCUT2D eigenvalue weighted by molar-refractivity contribution is 6.31. The second kappa shape index (κ2) is 7.61. The van der Waals surface area contributed by atoms with E-state index in [9.17, 15) is 27.2 Å². The maximum absolute atomic E-state index is 13.7. The fourth-order valence-electron chi connectivity index (χ4n) is 3.64. The van der Waals surface area contributed by atoms with Gasteiger partial charge >= 0.3 is 6.18 Å². The second-order valence-electron chi connectivity index (χ2n) is 7.04. The molecule has 1 N–H and O–H groups in total. The molecule has 1 atom stereocenters. The number of halogens is 5. The molecular formula is C20H14ClF4N3O3. The van der Waals surface area contributed by atoms with Crippen LogP contribution < -0.4 is 5.56 Å². The van der Waals surface area contributed by atoms with Gasteiger partial charge in [-0.3, -0.25) is 9.59 Å². The van der Waals surface area contributed by atoms with Crippen molar-refractivity contribution in [2.75, 3.05) is 13.7 Å². The first-order valence-electron chi connectivity index (χ1n) is 9.00. The molecule has 3 heterocycles. The van der Waals surface area contributed by atoms with Crippen molar-refractivity contribution in [2.45, 2.75) is 18.8 Å². The lowest BCUT2D eigenvalue weighted by Crippen LogP contribution is -2.37. The van der Waals surface area contributed by atoms with E-state index in [0.29, 0.717) is 16.6 Å². The van der Waals surface area contributed by atoms with Gasteiger partial charge in [-0.25, -0.2) is 9.37 Å². The molecule has 0 saturated heterocycles. The van der Waals surface area contributed by atoms with Crippen LogP contribution in [0.5, 0.6) is 0 Å². The number of aromatic nitrogens is 2. The average molecular weight is 456 g/mol. The molecule has 1 amide bonds. The van der Waals surface area contributed by atoms with E-state index in [0.717, 1.165) is 18.3 Å². The minimum Gasteiger partial charge on any atom is -0.373 e. The summed E-state index contributed by atoms with van der Waals surface area (Å²) >= 11 is 5.69. The van der Waals surface area contributed by atoms with Gasteiger partial charge in [-0.2, -0.15) is 13.2 Å². The highest BCUT2D eigenvalue weighted by Crippen LogP contribution is 2.35. The number of benzene rings is 1. The van der Waals surface area contributed by atoms with Crippen LogP contribution in [0.4, 0.5) is 17.6 Å². The molecule has 2 aromatic heterocycles. The quantitative estimate of drug-likeness (QED) is 0.591. The van der Waals surface area contributed by atoms with Crippen LogP contribution >= 0.6 is 11.6 Å². The van der Waals surface area contributed by atoms with Crippen LogP contribution in [0.25, 0.3) is 10.8 Å². The van der Waals surface area contributed by atoms with Crippen LogP contribution in [0.15, 0.2) is 35.3 Å². The Morgan fingerprint density at radius 2 is 2.03 bits per heavy atom. The molecule has 0 fully saturated rings. The summed E-state index contributed by atoms with van der Waals surface area (Å²) in [6, 6.07) is 3.97. The monoisotopic (exact) mass is 455 g/mol. The molecule has 4 rings (SSSR count). The van der Waals surface area contributed by atoms with E-state index in [2.05, 4.69) is 9.97 Å². The lowest BCUT2D eigenvalue weighted by atomic mass is 9.95. The summed E-state index contributed by atoms with van der Waals surface area (Å²) in [5.74, 6) is -1.23. The summed E-state index contributed by atoms with van der Waals surface area (Å²) in [5, 5.41) is -0.125. The number of ether oxygens (including phenoxy) is 1. The van der Waals surface area contributed by atoms with E-state index >= 15 is 0 Å². The molecular weight excluding hydrogens is 442 g/mol. The molecule has 1 unspecified atom stereocenters. The molecule has 1 aliphatic heterocycles. The standard InChI is InChI=1S/C20H14ClF4N3O3/c1-28(19(30)9-4-13(21)17(26-6-9)20(23,24)25)15-8-31-7-14-16(15)11-3-2-10(22)5-12(11)18(29)27-14/h2-6,15H,7-8H2,1H3,(H,27,29). The number of hydrogen-bond acceptors (Lipinski definition) is 4. The summed E-state index contributed by atoms with van der Waals surface area (Å²) < 4.78 is 57.8. The van der Waals surface area contributed by atoms with Gasteiger partial charge in [0.25, 0.3) is 11.5 Å². The number of rotatable bonds is 2. The number of H-pyrrole nitrogens is 1. The first kappa shape index (κ1) is 21.3. The summed E-state index contributed by atoms with van der Waals surface area (Å²) in [6.07, 6.45) is -3.95. The van der Waals surface area contributed by atoms with Crippen LogP contribution in [-0.4, -0.2) is 34.4 Å². The predicted octanol–water partition coefficient (Wildman–Crippen LogP) is 4.08. The van der Waals surface area contributed by atoms with Crippen molar-refractivity contribution in [3.8, 4) is 0 Å². The van der Waals surface area contributed by atoms with Gasteiger partial charge in [0.2, 0.25) is 0 Å². The fraction of sp³-hybridized carbons (Fsp3) is 0.250. The van der Waals surface area contributed by atoms with E-state index in [4.69, 9.17) is 16.3 Å². The van der Waals surface area contributed by atoms with E-state index in [1.807, 2.05) is 0 Å². The zero-order chi connectivity index (χ0) is 22.5. The van der Waals surface area contributed by atoms with Crippen molar-refractivity contribution in [1.29, 1.82) is 0 Å². The Kier molecular flexibility index (Phi) is 5.22. The molecule has 1 aromatic carbocycles. The van der Waals surface area contributed by atoms with Crippen molar-refractivity contribution in [3.63, 3.8) is 0 Å². The molecule has 1 aliphatic rings. The summed E-state index contributed by atoms with van der Waals surface area (Å²) in [4.78, 5) is 32.5. The molecule has 0 radical (unpaired) electrons. The molecule has 11 heteroatoms. The van der Waals surface area contributed by atoms with Gasteiger partial charge in [-0.1, -0.05) is 17.7 Å². The van der Waals surface area contributed by atoms with E-state index < -0.39 is 40.2 Å². The third-order valence-electron chi connectivity index (χ3n) is 5.11. The van der Waals surface area contributed by atoms with Gasteiger partial charge in [-0.05, 0) is 23.6 Å². The predicted molar refractivity (Wildman–Crippen MR) is 103 cm³/mol. The van der Waals surface area contributed by atoms with Gasteiger partial charge in [0, 0.05) is 24.5 Å². The maximum Gasteiger partial charge on any atom is 0.434 e. The summed E-state index contributed by atoms with van der Waals surface area (Å²) in [7, 11) is 1.44. The third-order valence-corrected chi connectivity index (χ3v) is 5.39. The zero-order valence-electron chi connectivity index (χ0n) is 15.9. The molecule has 162 valence electrons. The van der Waals surface area contributed by atoms with Gasteiger partial charge in [-0.15, -0.1) is 0 Å². The fourth-order valence-corrected chi connectivity index (χ4v) is 3.91. The number of carbonyl (C=O) groups is 1. The minimum atomic E-state index is -4.75. The number of nitrogens with one attached hydrogen (secondary N) is 1. The average Bonchev–Trinajstić information content (AvgIpc) is 2.71. The highest BCUT2D eigenvalue weighted by atomic mass is 35.5. The number of carbonyl (C=O) groups excluding carboxylic acids is 1. The summed E-state index contributed by atoms with van der Waals surface area (Å²) in [6.45, 7) is 0.152. The Balaban J connectivity index is 1.76. The van der Waals surface area contributed by atoms with Crippen molar-refractivity contribution >= 4 is 28.3 Å². The molecule has 31 heavy (non-hydrogen) atoms. The first-order valence-corrected chi connectivity index (χ1v) is 9.37. The number of fused-ring (bicyclic) bond motifs is 3. The molecule has 0 aliphatic carbocycles. The SMILES string of the molecule is CN(C(=O)c1cnc(C(F)(F)F)c(Cl)c1)C1COCc2[nH]c(=O)c3cc(F)ccc3c21. The van der Waals surface area contributed by atoms with Crippen molar-refractivity contribution in [2.24, 2.45) is 0 Å². The number of amides is 1. The van der Waals surface area contributed by atoms with Crippen LogP contribution in [0, 0.1) is 5.82 Å². The van der Waals surface area contributed by atoms with Crippen LogP contribution in [0.3, 0.4) is 0 Å². The van der Waals surface area contributed by atoms with Crippen molar-refractivity contribution in [1.82, 2.24) is 14.9 Å². The van der Waals surface area contributed by atoms with Gasteiger partial charge in [0.15, 0.2) is 5.69 Å². The molecule has 0 saturated carbocycles. The Hall–Kier alpha value is -2.98. The number of likely N-dealkylation sites (N-methyl/N-ethyl adjacent to an activating group) is 1. The number of alkyl halides is 3. The van der Waals surface area contributed by atoms with Crippen LogP contribution in [0.1, 0.15) is 33.4 Å². The Bertz CT molecular complexity index is 1260. The van der Waals surface area contributed by atoms with Gasteiger partial charge in [0.1, 0.15) is 5.82 Å². The molecule has 0 bridgehead atoms. The van der Waals surface area contributed by atoms with Crippen LogP contribution in [-0.2, 0) is 17.5 Å². The van der Waals surface area contributed by atoms with E-state index in [1.165, 1.54) is 24.1 Å². The Morgan fingerprint density at radius 3 is 2.71 bits per heavy atom. The van der Waals surface area contributed by atoms with E-state index in [-0.39, 0.29) is 24.2 Å². The maximum atomic E-state index is 13.7. The normalized spacial score (nSPS) is 16.3.